The molecule has 3 aromatic carbocycles. The molecule has 0 unspecified atom stereocenters. The first-order valence-electron chi connectivity index (χ1n) is 8.74. The molecule has 0 saturated carbocycles. The van der Waals surface area contributed by atoms with Crippen LogP contribution in [0.25, 0.3) is 34.7 Å². The smallest absolute Gasteiger partial charge is 0.0715 e. The Morgan fingerprint density at radius 1 is 0.462 bits per heavy atom. The summed E-state index contributed by atoms with van der Waals surface area (Å²) in [6, 6.07) is 35.3. The van der Waals surface area contributed by atoms with Gasteiger partial charge in [-0.3, -0.25) is 0 Å². The zero-order valence-corrected chi connectivity index (χ0v) is 14.4. The Labute approximate surface area is 154 Å². The Morgan fingerprint density at radius 2 is 0.885 bits per heavy atom. The van der Waals surface area contributed by atoms with Crippen molar-refractivity contribution in [2.24, 2.45) is 0 Å². The van der Waals surface area contributed by atoms with Crippen molar-refractivity contribution < 1.29 is 0 Å². The largest absolute Gasteiger partial charge is 0.248 e. The van der Waals surface area contributed by atoms with E-state index in [1.165, 1.54) is 5.56 Å². The van der Waals surface area contributed by atoms with Crippen molar-refractivity contribution in [2.45, 2.75) is 0 Å². The standard InChI is InChI=1S/C25H19N/c1-4-10-20(11-5-1)16-17-21-18-24(22-12-6-2-7-13-22)26-25(19-21)23-14-8-3-9-15-23/h1-19H/b17-16+. The number of hydrogen-bond donors (Lipinski definition) is 0. The van der Waals surface area contributed by atoms with Crippen molar-refractivity contribution >= 4 is 12.2 Å². The molecule has 0 spiro atoms. The van der Waals surface area contributed by atoms with Crippen LogP contribution in [0, 0.1) is 0 Å². The highest BCUT2D eigenvalue weighted by Gasteiger charge is 2.05. The van der Waals surface area contributed by atoms with Crippen molar-refractivity contribution in [3.8, 4) is 22.5 Å². The molecule has 0 aliphatic heterocycles. The van der Waals surface area contributed by atoms with Crippen LogP contribution in [0.2, 0.25) is 0 Å². The average molecular weight is 333 g/mol. The van der Waals surface area contributed by atoms with Crippen LogP contribution in [0.1, 0.15) is 11.1 Å². The van der Waals surface area contributed by atoms with E-state index in [9.17, 15) is 0 Å². The SMILES string of the molecule is C(=C\c1cc(-c2ccccc2)nc(-c2ccccc2)c1)/c1ccccc1. The lowest BCUT2D eigenvalue weighted by molar-refractivity contribution is 1.32. The lowest BCUT2D eigenvalue weighted by Gasteiger charge is -2.08. The Hall–Kier alpha value is -3.45. The van der Waals surface area contributed by atoms with Crippen molar-refractivity contribution in [3.63, 3.8) is 0 Å². The van der Waals surface area contributed by atoms with E-state index in [-0.39, 0.29) is 0 Å². The van der Waals surface area contributed by atoms with E-state index in [2.05, 4.69) is 72.8 Å². The van der Waals surface area contributed by atoms with Gasteiger partial charge in [-0.25, -0.2) is 4.98 Å². The molecular weight excluding hydrogens is 314 g/mol. The van der Waals surface area contributed by atoms with E-state index in [0.29, 0.717) is 0 Å². The van der Waals surface area contributed by atoms with Crippen LogP contribution in [-0.4, -0.2) is 4.98 Å². The molecule has 0 bridgehead atoms. The lowest BCUT2D eigenvalue weighted by atomic mass is 10.0. The number of hydrogen-bond acceptors (Lipinski definition) is 1. The third-order valence-electron chi connectivity index (χ3n) is 4.25. The number of nitrogens with zero attached hydrogens (tertiary/aromatic N) is 1. The summed E-state index contributed by atoms with van der Waals surface area (Å²) in [5.41, 5.74) is 6.55. The minimum Gasteiger partial charge on any atom is -0.248 e. The molecule has 0 N–H and O–H groups in total. The van der Waals surface area contributed by atoms with Gasteiger partial charge in [-0.05, 0) is 23.3 Å². The molecule has 0 atom stereocenters. The van der Waals surface area contributed by atoms with Crippen LogP contribution in [0.3, 0.4) is 0 Å². The summed E-state index contributed by atoms with van der Waals surface area (Å²) in [5, 5.41) is 0. The number of benzene rings is 3. The molecule has 1 nitrogen and oxygen atoms in total. The zero-order chi connectivity index (χ0) is 17.6. The third-order valence-corrected chi connectivity index (χ3v) is 4.25. The molecule has 1 heteroatoms. The third kappa shape index (κ3) is 3.79. The Kier molecular flexibility index (Phi) is 4.70. The maximum atomic E-state index is 4.90. The molecule has 0 radical (unpaired) electrons. The highest BCUT2D eigenvalue weighted by atomic mass is 14.7. The van der Waals surface area contributed by atoms with Gasteiger partial charge in [0.2, 0.25) is 0 Å². The quantitative estimate of drug-likeness (QED) is 0.411. The van der Waals surface area contributed by atoms with Crippen molar-refractivity contribution in [3.05, 3.63) is 114 Å². The second kappa shape index (κ2) is 7.62. The van der Waals surface area contributed by atoms with Gasteiger partial charge >= 0.3 is 0 Å². The van der Waals surface area contributed by atoms with Gasteiger partial charge in [-0.1, -0.05) is 103 Å². The molecule has 1 heterocycles. The summed E-state index contributed by atoms with van der Waals surface area (Å²) >= 11 is 0. The van der Waals surface area contributed by atoms with Crippen molar-refractivity contribution in [2.75, 3.05) is 0 Å². The highest BCUT2D eigenvalue weighted by molar-refractivity contribution is 5.76. The fourth-order valence-corrected chi connectivity index (χ4v) is 2.92. The fourth-order valence-electron chi connectivity index (χ4n) is 2.92. The minimum absolute atomic E-state index is 0.986. The maximum absolute atomic E-state index is 4.90. The van der Waals surface area contributed by atoms with Crippen molar-refractivity contribution in [1.29, 1.82) is 0 Å². The topological polar surface area (TPSA) is 12.9 Å². The summed E-state index contributed by atoms with van der Waals surface area (Å²) in [6.45, 7) is 0. The molecule has 124 valence electrons. The zero-order valence-electron chi connectivity index (χ0n) is 14.4. The van der Waals surface area contributed by atoms with Crippen LogP contribution in [0.5, 0.6) is 0 Å². The van der Waals surface area contributed by atoms with Gasteiger partial charge in [0.15, 0.2) is 0 Å². The lowest BCUT2D eigenvalue weighted by Crippen LogP contribution is -1.90. The van der Waals surface area contributed by atoms with Gasteiger partial charge < -0.3 is 0 Å². The van der Waals surface area contributed by atoms with Crippen LogP contribution >= 0.6 is 0 Å². The molecule has 0 saturated heterocycles. The average Bonchev–Trinajstić information content (AvgIpc) is 2.74. The van der Waals surface area contributed by atoms with Crippen LogP contribution in [0.15, 0.2) is 103 Å². The van der Waals surface area contributed by atoms with E-state index in [1.807, 2.05) is 42.5 Å². The van der Waals surface area contributed by atoms with Gasteiger partial charge in [0.25, 0.3) is 0 Å². The summed E-state index contributed by atoms with van der Waals surface area (Å²) < 4.78 is 0. The predicted octanol–water partition coefficient (Wildman–Crippen LogP) is 6.59. The van der Waals surface area contributed by atoms with Crippen LogP contribution in [0.4, 0.5) is 0 Å². The summed E-state index contributed by atoms with van der Waals surface area (Å²) in [4.78, 5) is 4.90. The molecule has 4 aromatic rings. The van der Waals surface area contributed by atoms with Gasteiger partial charge in [0, 0.05) is 11.1 Å². The molecule has 0 aliphatic rings. The molecule has 0 amide bonds. The number of aromatic nitrogens is 1. The molecule has 1 aromatic heterocycles. The summed E-state index contributed by atoms with van der Waals surface area (Å²) in [6.07, 6.45) is 4.29. The predicted molar refractivity (Wildman–Crippen MR) is 110 cm³/mol. The van der Waals surface area contributed by atoms with E-state index >= 15 is 0 Å². The summed E-state index contributed by atoms with van der Waals surface area (Å²) in [7, 11) is 0. The van der Waals surface area contributed by atoms with E-state index in [1.54, 1.807) is 0 Å². The van der Waals surface area contributed by atoms with Gasteiger partial charge in [-0.2, -0.15) is 0 Å². The first kappa shape index (κ1) is 16.0. The first-order chi connectivity index (χ1) is 12.9. The van der Waals surface area contributed by atoms with E-state index in [4.69, 9.17) is 4.98 Å². The van der Waals surface area contributed by atoms with E-state index in [0.717, 1.165) is 28.1 Å². The second-order valence-electron chi connectivity index (χ2n) is 6.15. The fraction of sp³-hybridized carbons (Fsp3) is 0. The Morgan fingerprint density at radius 3 is 1.38 bits per heavy atom. The molecule has 4 rings (SSSR count). The first-order valence-corrected chi connectivity index (χ1v) is 8.74. The van der Waals surface area contributed by atoms with Gasteiger partial charge in [0.05, 0.1) is 11.4 Å². The Balaban J connectivity index is 1.79. The Bertz CT molecular complexity index is 946. The molecular formula is C25H19N. The van der Waals surface area contributed by atoms with Crippen LogP contribution in [-0.2, 0) is 0 Å². The number of pyridine rings is 1. The highest BCUT2D eigenvalue weighted by Crippen LogP contribution is 2.25. The monoisotopic (exact) mass is 333 g/mol. The molecule has 0 fully saturated rings. The second-order valence-corrected chi connectivity index (χ2v) is 6.15. The minimum atomic E-state index is 0.986. The van der Waals surface area contributed by atoms with Crippen LogP contribution < -0.4 is 0 Å². The molecule has 26 heavy (non-hydrogen) atoms. The normalized spacial score (nSPS) is 10.9. The van der Waals surface area contributed by atoms with E-state index < -0.39 is 0 Å². The van der Waals surface area contributed by atoms with Gasteiger partial charge in [0.1, 0.15) is 0 Å². The number of rotatable bonds is 4. The van der Waals surface area contributed by atoms with Gasteiger partial charge in [-0.15, -0.1) is 0 Å². The molecule has 0 aliphatic carbocycles. The summed E-state index contributed by atoms with van der Waals surface area (Å²) in [5.74, 6) is 0. The maximum Gasteiger partial charge on any atom is 0.0715 e. The van der Waals surface area contributed by atoms with Crippen molar-refractivity contribution in [1.82, 2.24) is 4.98 Å².